The summed E-state index contributed by atoms with van der Waals surface area (Å²) in [4.78, 5) is 6.67. The molecule has 0 saturated carbocycles. The van der Waals surface area contributed by atoms with Crippen molar-refractivity contribution in [2.24, 2.45) is 0 Å². The van der Waals surface area contributed by atoms with Gasteiger partial charge < -0.3 is 4.98 Å². The highest BCUT2D eigenvalue weighted by atomic mass is 128. The molecule has 8 heteroatoms. The lowest BCUT2D eigenvalue weighted by molar-refractivity contribution is 0.597. The number of aromatic nitrogens is 2. The SMILES string of the molecule is CC.CNS(=O)(=O)/C=C/Cc1cnc[nH]1.II. The Morgan fingerprint density at radius 2 is 2.06 bits per heavy atom. The number of H-pyrrole nitrogens is 1. The van der Waals surface area contributed by atoms with Crippen LogP contribution in [-0.2, 0) is 16.4 Å². The number of hydrogen-bond acceptors (Lipinski definition) is 3. The first-order valence-corrected chi connectivity index (χ1v) is 12.7. The Morgan fingerprint density at radius 3 is 2.47 bits per heavy atom. The van der Waals surface area contributed by atoms with Crippen LogP contribution >= 0.6 is 37.2 Å². The van der Waals surface area contributed by atoms with Crippen LogP contribution in [0.4, 0.5) is 0 Å². The zero-order valence-electron chi connectivity index (χ0n) is 9.94. The molecule has 1 aromatic heterocycles. The zero-order chi connectivity index (χ0) is 13.7. The van der Waals surface area contributed by atoms with Gasteiger partial charge in [-0.3, -0.25) is 0 Å². The molecule has 1 rings (SSSR count). The minimum absolute atomic E-state index is 0.529. The Bertz CT molecular complexity index is 377. The van der Waals surface area contributed by atoms with E-state index in [0.29, 0.717) is 6.42 Å². The molecular weight excluding hydrogens is 468 g/mol. The largest absolute Gasteiger partial charge is 0.348 e. The topological polar surface area (TPSA) is 74.8 Å². The van der Waals surface area contributed by atoms with Crippen molar-refractivity contribution in [1.29, 1.82) is 0 Å². The van der Waals surface area contributed by atoms with E-state index in [4.69, 9.17) is 0 Å². The molecule has 1 heterocycles. The summed E-state index contributed by atoms with van der Waals surface area (Å²) in [6.07, 6.45) is 5.28. The van der Waals surface area contributed by atoms with Gasteiger partial charge in [0.2, 0.25) is 10.0 Å². The summed E-state index contributed by atoms with van der Waals surface area (Å²) < 4.78 is 24.0. The molecule has 2 N–H and O–H groups in total. The number of imidazole rings is 1. The van der Waals surface area contributed by atoms with Crippen molar-refractivity contribution in [2.75, 3.05) is 7.05 Å². The molecule has 0 unspecified atom stereocenters. The molecule has 0 fully saturated rings. The van der Waals surface area contributed by atoms with E-state index >= 15 is 0 Å². The zero-order valence-corrected chi connectivity index (χ0v) is 15.1. The first-order valence-electron chi connectivity index (χ1n) is 4.85. The fourth-order valence-electron chi connectivity index (χ4n) is 0.766. The smallest absolute Gasteiger partial charge is 0.233 e. The van der Waals surface area contributed by atoms with Crippen molar-refractivity contribution >= 4 is 47.3 Å². The number of rotatable bonds is 4. The van der Waals surface area contributed by atoms with Crippen LogP contribution in [0.3, 0.4) is 0 Å². The number of allylic oxidation sites excluding steroid dienone is 1. The van der Waals surface area contributed by atoms with Crippen LogP contribution in [-0.4, -0.2) is 25.4 Å². The first kappa shape index (κ1) is 19.7. The van der Waals surface area contributed by atoms with Gasteiger partial charge in [0.1, 0.15) is 0 Å². The van der Waals surface area contributed by atoms with Crippen molar-refractivity contribution in [3.05, 3.63) is 29.7 Å². The monoisotopic (exact) mass is 485 g/mol. The number of halogens is 2. The van der Waals surface area contributed by atoms with E-state index in [1.807, 2.05) is 13.8 Å². The fourth-order valence-corrected chi connectivity index (χ4v) is 1.25. The second-order valence-corrected chi connectivity index (χ2v) is 4.17. The lowest BCUT2D eigenvalue weighted by atomic mass is 10.3. The second-order valence-electron chi connectivity index (χ2n) is 2.40. The molecule has 17 heavy (non-hydrogen) atoms. The van der Waals surface area contributed by atoms with E-state index in [2.05, 4.69) is 51.9 Å². The summed E-state index contributed by atoms with van der Waals surface area (Å²) in [6, 6.07) is 0. The van der Waals surface area contributed by atoms with Gasteiger partial charge in [0.05, 0.1) is 6.33 Å². The highest BCUT2D eigenvalue weighted by molar-refractivity contribution is 15.0. The summed E-state index contributed by atoms with van der Waals surface area (Å²) in [5, 5.41) is 1.13. The number of sulfonamides is 1. The molecule has 0 saturated heterocycles. The fraction of sp³-hybridized carbons (Fsp3) is 0.444. The lowest BCUT2D eigenvalue weighted by Crippen LogP contribution is -2.14. The Kier molecular flexibility index (Phi) is 14.8. The molecule has 0 amide bonds. The van der Waals surface area contributed by atoms with E-state index < -0.39 is 10.0 Å². The standard InChI is InChI=1S/C7H11N3O2S.C2H6.I2/c1-8-13(11,12)4-2-3-7-5-9-6-10-7;2*1-2/h2,4-6,8H,3H2,1H3,(H,9,10);1-2H3;/b4-2+;;. The predicted octanol–water partition coefficient (Wildman–Crippen LogP) is 2.81. The van der Waals surface area contributed by atoms with Gasteiger partial charge in [-0.05, 0) is 7.05 Å². The number of nitrogens with one attached hydrogen (secondary N) is 2. The highest BCUT2D eigenvalue weighted by Crippen LogP contribution is 1.95. The molecule has 1 aromatic rings. The quantitative estimate of drug-likeness (QED) is 0.645. The summed E-state index contributed by atoms with van der Waals surface area (Å²) >= 11 is 4.24. The average Bonchev–Trinajstić information content (AvgIpc) is 2.87. The van der Waals surface area contributed by atoms with Gasteiger partial charge in [-0.25, -0.2) is 18.1 Å². The predicted molar refractivity (Wildman–Crippen MR) is 88.8 cm³/mol. The molecule has 100 valence electrons. The molecule has 0 aliphatic rings. The van der Waals surface area contributed by atoms with E-state index in [-0.39, 0.29) is 0 Å². The minimum atomic E-state index is -3.24. The third kappa shape index (κ3) is 11.2. The van der Waals surface area contributed by atoms with Gasteiger partial charge in [-0.2, -0.15) is 0 Å². The van der Waals surface area contributed by atoms with Gasteiger partial charge in [0, 0.05) is 61.0 Å². The number of nitrogens with zero attached hydrogens (tertiary/aromatic N) is 1. The number of hydrogen-bond donors (Lipinski definition) is 2. The maximum Gasteiger partial charge on any atom is 0.233 e. The normalized spacial score (nSPS) is 10.2. The van der Waals surface area contributed by atoms with Crippen LogP contribution in [0, 0.1) is 0 Å². The van der Waals surface area contributed by atoms with Crippen LogP contribution in [0.2, 0.25) is 0 Å². The van der Waals surface area contributed by atoms with Crippen molar-refractivity contribution < 1.29 is 8.42 Å². The van der Waals surface area contributed by atoms with Crippen molar-refractivity contribution in [3.8, 4) is 0 Å². The number of aromatic amines is 1. The lowest BCUT2D eigenvalue weighted by Gasteiger charge is -1.92. The van der Waals surface area contributed by atoms with Gasteiger partial charge in [-0.1, -0.05) is 19.9 Å². The maximum absolute atomic E-state index is 10.9. The Balaban J connectivity index is 0. The second kappa shape index (κ2) is 12.8. The van der Waals surface area contributed by atoms with Crippen LogP contribution in [0.25, 0.3) is 0 Å². The first-order chi connectivity index (χ1) is 8.14. The highest BCUT2D eigenvalue weighted by Gasteiger charge is 1.98. The molecule has 0 spiro atoms. The van der Waals surface area contributed by atoms with Crippen LogP contribution in [0.5, 0.6) is 0 Å². The molecule has 0 atom stereocenters. The Hall–Kier alpha value is 0.320. The van der Waals surface area contributed by atoms with Crippen LogP contribution in [0.15, 0.2) is 24.0 Å². The summed E-state index contributed by atoms with van der Waals surface area (Å²) in [5.41, 5.74) is 0.877. The van der Waals surface area contributed by atoms with Crippen molar-refractivity contribution in [1.82, 2.24) is 14.7 Å². The van der Waals surface area contributed by atoms with Gasteiger partial charge >= 0.3 is 0 Å². The molecule has 0 radical (unpaired) electrons. The molecule has 0 aliphatic heterocycles. The van der Waals surface area contributed by atoms with Gasteiger partial charge in [-0.15, -0.1) is 0 Å². The van der Waals surface area contributed by atoms with E-state index in [1.54, 1.807) is 18.6 Å². The Morgan fingerprint density at radius 1 is 1.47 bits per heavy atom. The average molecular weight is 485 g/mol. The third-order valence-electron chi connectivity index (χ3n) is 1.45. The Labute approximate surface area is 126 Å². The van der Waals surface area contributed by atoms with Crippen LogP contribution < -0.4 is 4.72 Å². The molecule has 0 aliphatic carbocycles. The molecule has 5 nitrogen and oxygen atoms in total. The van der Waals surface area contributed by atoms with Crippen LogP contribution in [0.1, 0.15) is 19.5 Å². The third-order valence-corrected chi connectivity index (χ3v) is 2.57. The maximum atomic E-state index is 10.9. The molecular formula is C9H17I2N3O2S. The van der Waals surface area contributed by atoms with Crippen molar-refractivity contribution in [3.63, 3.8) is 0 Å². The molecule has 0 bridgehead atoms. The summed E-state index contributed by atoms with van der Waals surface area (Å²) in [5.74, 6) is 0. The summed E-state index contributed by atoms with van der Waals surface area (Å²) in [6.45, 7) is 4.00. The van der Waals surface area contributed by atoms with Gasteiger partial charge in [0.15, 0.2) is 0 Å². The minimum Gasteiger partial charge on any atom is -0.348 e. The molecule has 0 aromatic carbocycles. The summed E-state index contributed by atoms with van der Waals surface area (Å²) in [7, 11) is -1.87. The van der Waals surface area contributed by atoms with E-state index in [0.717, 1.165) is 11.1 Å². The van der Waals surface area contributed by atoms with E-state index in [9.17, 15) is 8.42 Å². The van der Waals surface area contributed by atoms with Gasteiger partial charge in [0.25, 0.3) is 0 Å². The van der Waals surface area contributed by atoms with E-state index in [1.165, 1.54) is 7.05 Å². The van der Waals surface area contributed by atoms with Crippen molar-refractivity contribution in [2.45, 2.75) is 20.3 Å².